The molecule has 0 radical (unpaired) electrons. The molecule has 36 heavy (non-hydrogen) atoms. The summed E-state index contributed by atoms with van der Waals surface area (Å²) in [5.74, 6) is -1.43. The highest BCUT2D eigenvalue weighted by molar-refractivity contribution is 5.95. The van der Waals surface area contributed by atoms with Gasteiger partial charge in [0.05, 0.1) is 5.92 Å². The molecule has 7 aliphatic carbocycles. The molecule has 0 aromatic rings. The number of carbonyl (C=O) groups excluding carboxylic acids is 2. The predicted molar refractivity (Wildman–Crippen MR) is 127 cm³/mol. The molecule has 1 spiro atoms. The lowest BCUT2D eigenvalue weighted by Gasteiger charge is -2.64. The Hall–Kier alpha value is -2.18. The number of aliphatic hydroxyl groups excluding tert-OH is 1. The summed E-state index contributed by atoms with van der Waals surface area (Å²) in [4.78, 5) is 26.4. The molecule has 188 valence electrons. The van der Waals surface area contributed by atoms with Gasteiger partial charge in [0.1, 0.15) is 11.7 Å². The number of ether oxygens (including phenoxy) is 2. The molecule has 2 N–H and O–H groups in total. The van der Waals surface area contributed by atoms with E-state index < -0.39 is 34.8 Å². The fourth-order valence-electron chi connectivity index (χ4n) is 11.4. The standard InChI is InChI=1S/C30H32O6/c1-10-13-6-18(13)27(4)16(10)9-17-11(2)24(31)35-29(17)20(27)8-15-14-7-19(14)28(5)22(15)23(29)21-12(3)25(32)36-30(21,34)26(28)33/h13-14,16,18-20,23,26,33-34H,1,6-9H2,2-5H3/t13-,14-,16+,18-,19-,20+,23-,26-,27-,28+,29+,30+/m1/s1. The van der Waals surface area contributed by atoms with Crippen molar-refractivity contribution in [2.75, 3.05) is 0 Å². The van der Waals surface area contributed by atoms with Crippen LogP contribution in [0.25, 0.3) is 0 Å². The maximum absolute atomic E-state index is 13.4. The minimum absolute atomic E-state index is 0.0391. The average molecular weight is 489 g/mol. The van der Waals surface area contributed by atoms with Crippen molar-refractivity contribution >= 4 is 11.9 Å². The number of rotatable bonds is 0. The summed E-state index contributed by atoms with van der Waals surface area (Å²) >= 11 is 0. The molecule has 0 aromatic heterocycles. The number of fused-ring (bicyclic) bond motifs is 9. The van der Waals surface area contributed by atoms with Crippen LogP contribution < -0.4 is 0 Å². The second kappa shape index (κ2) is 5.35. The number of allylic oxidation sites excluding steroid dienone is 2. The Bertz CT molecular complexity index is 1400. The highest BCUT2D eigenvalue weighted by Crippen LogP contribution is 2.83. The van der Waals surface area contributed by atoms with E-state index in [-0.39, 0.29) is 23.2 Å². The Morgan fingerprint density at radius 2 is 1.64 bits per heavy atom. The highest BCUT2D eigenvalue weighted by atomic mass is 16.7. The predicted octanol–water partition coefficient (Wildman–Crippen LogP) is 3.36. The first kappa shape index (κ1) is 20.8. The van der Waals surface area contributed by atoms with Crippen molar-refractivity contribution in [1.82, 2.24) is 0 Å². The lowest BCUT2D eigenvalue weighted by Crippen LogP contribution is -2.68. The summed E-state index contributed by atoms with van der Waals surface area (Å²) in [5, 5.41) is 23.8. The molecule has 0 aromatic carbocycles. The Labute approximate surface area is 210 Å². The zero-order valence-corrected chi connectivity index (χ0v) is 21.2. The first-order chi connectivity index (χ1) is 16.9. The third kappa shape index (κ3) is 1.69. The van der Waals surface area contributed by atoms with Crippen molar-refractivity contribution in [3.05, 3.63) is 45.6 Å². The van der Waals surface area contributed by atoms with Crippen molar-refractivity contribution in [3.8, 4) is 0 Å². The fraction of sp³-hybridized carbons (Fsp3) is 0.667. The monoisotopic (exact) mass is 488 g/mol. The van der Waals surface area contributed by atoms with Gasteiger partial charge in [-0.15, -0.1) is 0 Å². The van der Waals surface area contributed by atoms with E-state index in [4.69, 9.17) is 9.47 Å². The maximum Gasteiger partial charge on any atom is 0.336 e. The number of hydrogen-bond acceptors (Lipinski definition) is 6. The van der Waals surface area contributed by atoms with Crippen LogP contribution in [-0.2, 0) is 19.1 Å². The first-order valence-corrected chi connectivity index (χ1v) is 13.6. The molecule has 5 saturated carbocycles. The smallest absolute Gasteiger partial charge is 0.336 e. The van der Waals surface area contributed by atoms with Crippen LogP contribution in [-0.4, -0.2) is 39.6 Å². The third-order valence-corrected chi connectivity index (χ3v) is 13.1. The van der Waals surface area contributed by atoms with Gasteiger partial charge >= 0.3 is 11.9 Å². The minimum Gasteiger partial charge on any atom is -0.450 e. The lowest BCUT2D eigenvalue weighted by molar-refractivity contribution is -0.255. The van der Waals surface area contributed by atoms with Crippen molar-refractivity contribution in [2.24, 2.45) is 52.3 Å². The molecular formula is C30H32O6. The molecule has 9 rings (SSSR count). The van der Waals surface area contributed by atoms with Crippen LogP contribution in [0.4, 0.5) is 0 Å². The zero-order chi connectivity index (χ0) is 25.1. The Kier molecular flexibility index (Phi) is 3.09. The minimum atomic E-state index is -2.10. The van der Waals surface area contributed by atoms with E-state index in [1.54, 1.807) is 6.92 Å². The van der Waals surface area contributed by atoms with E-state index in [2.05, 4.69) is 13.5 Å². The Morgan fingerprint density at radius 1 is 0.944 bits per heavy atom. The normalized spacial score (nSPS) is 58.6. The van der Waals surface area contributed by atoms with Crippen LogP contribution in [0, 0.1) is 52.3 Å². The first-order valence-electron chi connectivity index (χ1n) is 13.6. The van der Waals surface area contributed by atoms with Crippen LogP contribution >= 0.6 is 0 Å². The van der Waals surface area contributed by atoms with Gasteiger partial charge in [-0.25, -0.2) is 9.59 Å². The van der Waals surface area contributed by atoms with Crippen molar-refractivity contribution in [3.63, 3.8) is 0 Å². The highest BCUT2D eigenvalue weighted by Gasteiger charge is 2.83. The van der Waals surface area contributed by atoms with E-state index in [1.807, 2.05) is 13.8 Å². The number of esters is 2. The molecule has 2 aliphatic heterocycles. The van der Waals surface area contributed by atoms with Gasteiger partial charge in [0.2, 0.25) is 0 Å². The molecule has 0 bridgehead atoms. The molecule has 2 heterocycles. The third-order valence-electron chi connectivity index (χ3n) is 13.1. The number of carbonyl (C=O) groups is 2. The SMILES string of the molecule is C=C1[C@H]2C[C@H]2[C@]2(C)[C@@H]3CC4=C5[C@@H](C6=C(C)C(=O)O[C@]6(O)[C@H](O)[C@@]5(C)[C@@H]5C[C@H]45)[C@@]34OC(=O)C(C)=C4C[C@@H]12. The molecule has 12 atom stereocenters. The van der Waals surface area contributed by atoms with Crippen LogP contribution in [0.1, 0.15) is 53.4 Å². The van der Waals surface area contributed by atoms with Crippen LogP contribution in [0.2, 0.25) is 0 Å². The summed E-state index contributed by atoms with van der Waals surface area (Å²) in [6, 6.07) is 0. The second-order valence-corrected chi connectivity index (χ2v) is 13.8. The quantitative estimate of drug-likeness (QED) is 0.401. The van der Waals surface area contributed by atoms with Gasteiger partial charge < -0.3 is 19.7 Å². The molecular weight excluding hydrogens is 456 g/mol. The van der Waals surface area contributed by atoms with Crippen molar-refractivity contribution in [2.45, 2.75) is 70.9 Å². The van der Waals surface area contributed by atoms with Gasteiger partial charge in [0.15, 0.2) is 0 Å². The van der Waals surface area contributed by atoms with Crippen LogP contribution in [0.5, 0.6) is 0 Å². The summed E-state index contributed by atoms with van der Waals surface area (Å²) in [6.07, 6.45) is 2.48. The number of aliphatic hydroxyl groups is 2. The Morgan fingerprint density at radius 3 is 2.39 bits per heavy atom. The summed E-state index contributed by atoms with van der Waals surface area (Å²) in [7, 11) is 0. The topological polar surface area (TPSA) is 93.1 Å². The average Bonchev–Trinajstić information content (AvgIpc) is 3.72. The van der Waals surface area contributed by atoms with Crippen molar-refractivity contribution in [1.29, 1.82) is 0 Å². The van der Waals surface area contributed by atoms with E-state index in [9.17, 15) is 19.8 Å². The molecule has 9 aliphatic rings. The van der Waals surface area contributed by atoms with E-state index >= 15 is 0 Å². The summed E-state index contributed by atoms with van der Waals surface area (Å²) in [6.45, 7) is 12.6. The largest absolute Gasteiger partial charge is 0.450 e. The van der Waals surface area contributed by atoms with Crippen LogP contribution in [0.3, 0.4) is 0 Å². The van der Waals surface area contributed by atoms with Crippen LogP contribution in [0.15, 0.2) is 45.6 Å². The number of hydrogen-bond donors (Lipinski definition) is 2. The van der Waals surface area contributed by atoms with E-state index in [1.165, 1.54) is 11.1 Å². The van der Waals surface area contributed by atoms with E-state index in [0.29, 0.717) is 40.4 Å². The molecule has 6 heteroatoms. The summed E-state index contributed by atoms with van der Waals surface area (Å²) in [5.41, 5.74) is 4.58. The lowest BCUT2D eigenvalue weighted by atomic mass is 9.42. The van der Waals surface area contributed by atoms with Gasteiger partial charge in [-0.3, -0.25) is 0 Å². The van der Waals surface area contributed by atoms with E-state index in [0.717, 1.165) is 36.8 Å². The molecule has 0 unspecified atom stereocenters. The molecule has 0 amide bonds. The Balaban J connectivity index is 1.40. The van der Waals surface area contributed by atoms with Gasteiger partial charge in [-0.05, 0) is 85.7 Å². The van der Waals surface area contributed by atoms with Crippen molar-refractivity contribution < 1.29 is 29.3 Å². The maximum atomic E-state index is 13.4. The fourth-order valence-corrected chi connectivity index (χ4v) is 11.4. The van der Waals surface area contributed by atoms with Gasteiger partial charge in [-0.2, -0.15) is 0 Å². The van der Waals surface area contributed by atoms with Gasteiger partial charge in [0.25, 0.3) is 5.79 Å². The molecule has 5 fully saturated rings. The van der Waals surface area contributed by atoms with Gasteiger partial charge in [0, 0.05) is 28.1 Å². The zero-order valence-electron chi connectivity index (χ0n) is 21.2. The molecule has 6 nitrogen and oxygen atoms in total. The molecule has 0 saturated heterocycles. The summed E-state index contributed by atoms with van der Waals surface area (Å²) < 4.78 is 12.3. The van der Waals surface area contributed by atoms with Gasteiger partial charge in [-0.1, -0.05) is 31.6 Å². The second-order valence-electron chi connectivity index (χ2n) is 13.8.